The second-order valence-corrected chi connectivity index (χ2v) is 8.91. The van der Waals surface area contributed by atoms with Crippen LogP contribution in [0.25, 0.3) is 0 Å². The molecule has 1 aliphatic rings. The lowest BCUT2D eigenvalue weighted by atomic mass is 10.1. The Morgan fingerprint density at radius 2 is 1.81 bits per heavy atom. The third kappa shape index (κ3) is 4.64. The molecule has 7 nitrogen and oxygen atoms in total. The van der Waals surface area contributed by atoms with Crippen molar-refractivity contribution in [2.45, 2.75) is 11.8 Å². The molecule has 0 radical (unpaired) electrons. The number of pyridine rings is 1. The number of piperazine rings is 1. The van der Waals surface area contributed by atoms with E-state index < -0.39 is 9.84 Å². The number of benzene rings is 1. The van der Waals surface area contributed by atoms with Crippen LogP contribution < -0.4 is 10.2 Å². The molecule has 2 heterocycles. The van der Waals surface area contributed by atoms with Gasteiger partial charge in [0.2, 0.25) is 0 Å². The zero-order valence-corrected chi connectivity index (χ0v) is 16.6. The maximum Gasteiger partial charge on any atom is 0.256 e. The largest absolute Gasteiger partial charge is 0.354 e. The zero-order valence-electron chi connectivity index (χ0n) is 15.8. The van der Waals surface area contributed by atoms with Gasteiger partial charge in [0.1, 0.15) is 5.82 Å². The van der Waals surface area contributed by atoms with Crippen molar-refractivity contribution >= 4 is 27.2 Å². The molecule has 0 atom stereocenters. The molecule has 27 heavy (non-hydrogen) atoms. The summed E-state index contributed by atoms with van der Waals surface area (Å²) in [4.78, 5) is 21.7. The summed E-state index contributed by atoms with van der Waals surface area (Å²) in [5, 5.41) is 2.79. The first kappa shape index (κ1) is 19.3. The van der Waals surface area contributed by atoms with E-state index in [1.807, 2.05) is 12.1 Å². The normalized spacial score (nSPS) is 15.6. The highest BCUT2D eigenvalue weighted by atomic mass is 32.2. The number of nitrogens with zero attached hydrogens (tertiary/aromatic N) is 3. The maximum absolute atomic E-state index is 12.6. The van der Waals surface area contributed by atoms with E-state index in [2.05, 4.69) is 27.1 Å². The fourth-order valence-corrected chi connectivity index (χ4v) is 3.60. The van der Waals surface area contributed by atoms with Crippen molar-refractivity contribution in [1.29, 1.82) is 0 Å². The predicted molar refractivity (Wildman–Crippen MR) is 106 cm³/mol. The predicted octanol–water partition coefficient (Wildman–Crippen LogP) is 1.80. The van der Waals surface area contributed by atoms with Crippen molar-refractivity contribution in [3.05, 3.63) is 47.7 Å². The van der Waals surface area contributed by atoms with Gasteiger partial charge in [-0.3, -0.25) is 4.79 Å². The summed E-state index contributed by atoms with van der Waals surface area (Å²) in [5.74, 6) is 0.531. The minimum Gasteiger partial charge on any atom is -0.354 e. The molecule has 1 aromatic heterocycles. The number of anilines is 2. The number of likely N-dealkylation sites (N-methyl/N-ethyl adjacent to an activating group) is 1. The third-order valence-corrected chi connectivity index (χ3v) is 5.83. The molecule has 1 saturated heterocycles. The SMILES string of the molecule is Cc1ccc(S(C)(=O)=O)cc1C(=O)Nc1ccc(N2CCN(C)CC2)nc1. The van der Waals surface area contributed by atoms with Crippen molar-refractivity contribution in [2.75, 3.05) is 49.7 Å². The van der Waals surface area contributed by atoms with Crippen LogP contribution >= 0.6 is 0 Å². The molecule has 8 heteroatoms. The average Bonchev–Trinajstić information content (AvgIpc) is 2.62. The summed E-state index contributed by atoms with van der Waals surface area (Å²) < 4.78 is 23.5. The number of carbonyl (C=O) groups is 1. The summed E-state index contributed by atoms with van der Waals surface area (Å²) in [6.07, 6.45) is 2.75. The zero-order chi connectivity index (χ0) is 19.6. The quantitative estimate of drug-likeness (QED) is 0.860. The molecule has 1 aromatic carbocycles. The van der Waals surface area contributed by atoms with Gasteiger partial charge in [-0.05, 0) is 43.8 Å². The van der Waals surface area contributed by atoms with Crippen LogP contribution in [-0.4, -0.2) is 63.7 Å². The maximum atomic E-state index is 12.6. The van der Waals surface area contributed by atoms with Crippen molar-refractivity contribution in [3.8, 4) is 0 Å². The van der Waals surface area contributed by atoms with Gasteiger partial charge in [0, 0.05) is 38.0 Å². The number of hydrogen-bond donors (Lipinski definition) is 1. The lowest BCUT2D eigenvalue weighted by Gasteiger charge is -2.33. The van der Waals surface area contributed by atoms with E-state index in [1.165, 1.54) is 12.1 Å². The van der Waals surface area contributed by atoms with E-state index in [4.69, 9.17) is 0 Å². The van der Waals surface area contributed by atoms with Gasteiger partial charge in [-0.1, -0.05) is 6.07 Å². The monoisotopic (exact) mass is 388 g/mol. The summed E-state index contributed by atoms with van der Waals surface area (Å²) in [6.45, 7) is 5.61. The van der Waals surface area contributed by atoms with E-state index in [0.29, 0.717) is 16.8 Å². The first-order valence-corrected chi connectivity index (χ1v) is 10.6. The van der Waals surface area contributed by atoms with Gasteiger partial charge in [-0.25, -0.2) is 13.4 Å². The minimum absolute atomic E-state index is 0.127. The molecule has 3 rings (SSSR count). The van der Waals surface area contributed by atoms with E-state index in [-0.39, 0.29) is 10.8 Å². The fourth-order valence-electron chi connectivity index (χ4n) is 2.96. The Bertz CT molecular complexity index is 934. The molecule has 0 bridgehead atoms. The van der Waals surface area contributed by atoms with Crippen LogP contribution in [-0.2, 0) is 9.84 Å². The Labute approximate surface area is 159 Å². The van der Waals surface area contributed by atoms with Crippen molar-refractivity contribution < 1.29 is 13.2 Å². The Morgan fingerprint density at radius 1 is 1.11 bits per heavy atom. The lowest BCUT2D eigenvalue weighted by molar-refractivity contribution is 0.102. The minimum atomic E-state index is -3.37. The van der Waals surface area contributed by atoms with E-state index in [9.17, 15) is 13.2 Å². The van der Waals surface area contributed by atoms with Crippen molar-refractivity contribution in [1.82, 2.24) is 9.88 Å². The summed E-state index contributed by atoms with van der Waals surface area (Å²) in [5.41, 5.74) is 1.62. The van der Waals surface area contributed by atoms with Crippen LogP contribution in [0.2, 0.25) is 0 Å². The smallest absolute Gasteiger partial charge is 0.256 e. The second kappa shape index (κ2) is 7.66. The van der Waals surface area contributed by atoms with Gasteiger partial charge in [0.25, 0.3) is 5.91 Å². The highest BCUT2D eigenvalue weighted by Crippen LogP contribution is 2.19. The Hall–Kier alpha value is -2.45. The first-order chi connectivity index (χ1) is 12.7. The Kier molecular flexibility index (Phi) is 5.48. The van der Waals surface area contributed by atoms with Crippen LogP contribution in [0.1, 0.15) is 15.9 Å². The van der Waals surface area contributed by atoms with Crippen molar-refractivity contribution in [2.24, 2.45) is 0 Å². The molecule has 0 spiro atoms. The number of carbonyl (C=O) groups excluding carboxylic acids is 1. The summed E-state index contributed by atoms with van der Waals surface area (Å²) in [7, 11) is -1.27. The number of aromatic nitrogens is 1. The standard InChI is InChI=1S/C19H24N4O3S/c1-14-4-6-16(27(3,25)26)12-17(14)19(24)21-15-5-7-18(20-13-15)23-10-8-22(2)9-11-23/h4-7,12-13H,8-11H2,1-3H3,(H,21,24). The Balaban J connectivity index is 1.73. The van der Waals surface area contributed by atoms with Gasteiger partial charge < -0.3 is 15.1 Å². The van der Waals surface area contributed by atoms with Crippen LogP contribution in [0.5, 0.6) is 0 Å². The summed E-state index contributed by atoms with van der Waals surface area (Å²) in [6, 6.07) is 8.26. The number of nitrogens with one attached hydrogen (secondary N) is 1. The van der Waals surface area contributed by atoms with Gasteiger partial charge in [-0.2, -0.15) is 0 Å². The van der Waals surface area contributed by atoms with E-state index >= 15 is 0 Å². The fraction of sp³-hybridized carbons (Fsp3) is 0.368. The molecule has 144 valence electrons. The molecule has 1 N–H and O–H groups in total. The number of hydrogen-bond acceptors (Lipinski definition) is 6. The van der Waals surface area contributed by atoms with Crippen molar-refractivity contribution in [3.63, 3.8) is 0 Å². The highest BCUT2D eigenvalue weighted by molar-refractivity contribution is 7.90. The van der Waals surface area contributed by atoms with Gasteiger partial charge >= 0.3 is 0 Å². The third-order valence-electron chi connectivity index (χ3n) is 4.71. The second-order valence-electron chi connectivity index (χ2n) is 6.90. The number of sulfone groups is 1. The molecule has 2 aromatic rings. The van der Waals surface area contributed by atoms with E-state index in [1.54, 1.807) is 19.2 Å². The average molecular weight is 388 g/mol. The van der Waals surface area contributed by atoms with Crippen LogP contribution in [0.4, 0.5) is 11.5 Å². The summed E-state index contributed by atoms with van der Waals surface area (Å²) >= 11 is 0. The van der Waals surface area contributed by atoms with Gasteiger partial charge in [0.05, 0.1) is 16.8 Å². The van der Waals surface area contributed by atoms with E-state index in [0.717, 1.165) is 38.3 Å². The van der Waals surface area contributed by atoms with Gasteiger partial charge in [0.15, 0.2) is 9.84 Å². The number of rotatable bonds is 4. The van der Waals surface area contributed by atoms with Crippen LogP contribution in [0.3, 0.4) is 0 Å². The lowest BCUT2D eigenvalue weighted by Crippen LogP contribution is -2.44. The first-order valence-electron chi connectivity index (χ1n) is 8.75. The van der Waals surface area contributed by atoms with Crippen LogP contribution in [0, 0.1) is 6.92 Å². The Morgan fingerprint density at radius 3 is 2.41 bits per heavy atom. The number of aryl methyl sites for hydroxylation is 1. The topological polar surface area (TPSA) is 82.6 Å². The number of amides is 1. The van der Waals surface area contributed by atoms with Crippen LogP contribution in [0.15, 0.2) is 41.4 Å². The van der Waals surface area contributed by atoms with Gasteiger partial charge in [-0.15, -0.1) is 0 Å². The molecule has 0 aliphatic carbocycles. The molecule has 0 saturated carbocycles. The molecule has 1 fully saturated rings. The molecule has 0 unspecified atom stereocenters. The highest BCUT2D eigenvalue weighted by Gasteiger charge is 2.17. The molecule has 1 aliphatic heterocycles. The molecular weight excluding hydrogens is 364 g/mol. The molecule has 1 amide bonds. The molecular formula is C19H24N4O3S.